The smallest absolute Gasteiger partial charge is 0.239 e. The number of nitrogens with zero attached hydrogens (tertiary/aromatic N) is 2. The predicted molar refractivity (Wildman–Crippen MR) is 164 cm³/mol. The molecule has 202 valence electrons. The Morgan fingerprint density at radius 3 is 2.05 bits per heavy atom. The molecule has 0 N–H and O–H groups in total. The summed E-state index contributed by atoms with van der Waals surface area (Å²) in [4.78, 5) is 47.5. The standard InChI is InChI=1S/C37H26N2O3/c1-22(40)23-17-19-25(20-18-23)38-21-37-29-14-6-4-12-27(29)32(28-13-5-7-15-30(28)37)33-34(37)36(42)39(35(33)41)31-16-8-10-24-9-2-3-11-26(24)31/h2-21,32-34H,1H3/t32?,33-,34-,37?/m1/s1. The molecule has 3 aliphatic carbocycles. The van der Waals surface area contributed by atoms with Crippen molar-refractivity contribution in [3.05, 3.63) is 143 Å². The van der Waals surface area contributed by atoms with Crippen LogP contribution in [0.4, 0.5) is 11.4 Å². The van der Waals surface area contributed by atoms with E-state index in [4.69, 9.17) is 4.99 Å². The molecule has 9 rings (SSSR count). The molecule has 0 aromatic heterocycles. The first kappa shape index (κ1) is 24.6. The van der Waals surface area contributed by atoms with Gasteiger partial charge in [-0.2, -0.15) is 0 Å². The van der Waals surface area contributed by atoms with Crippen LogP contribution in [0.15, 0.2) is 120 Å². The molecule has 5 nitrogen and oxygen atoms in total. The van der Waals surface area contributed by atoms with E-state index in [-0.39, 0.29) is 23.5 Å². The van der Waals surface area contributed by atoms with Crippen molar-refractivity contribution < 1.29 is 14.4 Å². The summed E-state index contributed by atoms with van der Waals surface area (Å²) in [7, 11) is 0. The minimum atomic E-state index is -0.947. The maximum atomic E-state index is 14.7. The van der Waals surface area contributed by atoms with Crippen molar-refractivity contribution in [1.82, 2.24) is 0 Å². The molecule has 0 saturated carbocycles. The molecule has 2 amide bonds. The number of hydrogen-bond donors (Lipinski definition) is 0. The van der Waals surface area contributed by atoms with E-state index in [1.54, 1.807) is 12.1 Å². The van der Waals surface area contributed by atoms with Crippen LogP contribution in [0, 0.1) is 11.8 Å². The second-order valence-electron chi connectivity index (χ2n) is 11.4. The highest BCUT2D eigenvalue weighted by molar-refractivity contribution is 6.27. The van der Waals surface area contributed by atoms with E-state index in [1.165, 1.54) is 11.8 Å². The number of benzene rings is 5. The summed E-state index contributed by atoms with van der Waals surface area (Å²) in [5.41, 5.74) is 5.13. The lowest BCUT2D eigenvalue weighted by atomic mass is 9.47. The van der Waals surface area contributed by atoms with E-state index in [0.29, 0.717) is 16.9 Å². The second kappa shape index (κ2) is 8.92. The van der Waals surface area contributed by atoms with Gasteiger partial charge in [0, 0.05) is 23.1 Å². The van der Waals surface area contributed by atoms with Crippen LogP contribution in [0.2, 0.25) is 0 Å². The lowest BCUT2D eigenvalue weighted by Crippen LogP contribution is -2.54. The van der Waals surface area contributed by atoms with Gasteiger partial charge in [-0.1, -0.05) is 84.9 Å². The highest BCUT2D eigenvalue weighted by Gasteiger charge is 2.68. The summed E-state index contributed by atoms with van der Waals surface area (Å²) in [6.07, 6.45) is 1.89. The Balaban J connectivity index is 1.37. The normalized spacial score (nSPS) is 23.7. The third-order valence-corrected chi connectivity index (χ3v) is 9.38. The molecule has 1 fully saturated rings. The molecule has 5 heteroatoms. The molecular formula is C37H26N2O3. The van der Waals surface area contributed by atoms with Gasteiger partial charge in [-0.15, -0.1) is 0 Å². The van der Waals surface area contributed by atoms with Crippen LogP contribution in [0.3, 0.4) is 0 Å². The number of hydrogen-bond acceptors (Lipinski definition) is 4. The van der Waals surface area contributed by atoms with Crippen molar-refractivity contribution in [2.24, 2.45) is 16.8 Å². The lowest BCUT2D eigenvalue weighted by Gasteiger charge is -2.52. The van der Waals surface area contributed by atoms with Crippen LogP contribution in [-0.2, 0) is 15.0 Å². The molecule has 0 unspecified atom stereocenters. The SMILES string of the molecule is CC(=O)c1ccc(N=CC23c4ccccc4C(c4ccccc42)[C@H]2C(=O)N(c4cccc5ccccc45)C(=O)[C@@H]23)cc1. The van der Waals surface area contributed by atoms with Gasteiger partial charge < -0.3 is 0 Å². The number of Topliss-reactive ketones (excluding diaryl/α,β-unsaturated/α-hetero) is 1. The number of amides is 2. The van der Waals surface area contributed by atoms with E-state index >= 15 is 0 Å². The Kier molecular flexibility index (Phi) is 5.23. The van der Waals surface area contributed by atoms with Gasteiger partial charge in [-0.25, -0.2) is 4.90 Å². The fraction of sp³-hybridized carbons (Fsp3) is 0.135. The molecule has 5 aromatic rings. The van der Waals surface area contributed by atoms with Crippen molar-refractivity contribution in [1.29, 1.82) is 0 Å². The molecule has 1 aliphatic heterocycles. The predicted octanol–water partition coefficient (Wildman–Crippen LogP) is 7.00. The van der Waals surface area contributed by atoms with E-state index < -0.39 is 17.3 Å². The Bertz CT molecular complexity index is 1940. The van der Waals surface area contributed by atoms with Crippen molar-refractivity contribution >= 4 is 46.0 Å². The maximum absolute atomic E-state index is 14.7. The summed E-state index contributed by atoms with van der Waals surface area (Å²) in [6, 6.07) is 37.1. The largest absolute Gasteiger partial charge is 0.295 e. The van der Waals surface area contributed by atoms with Gasteiger partial charge >= 0.3 is 0 Å². The number of aliphatic imine (C=N–C) groups is 1. The van der Waals surface area contributed by atoms with E-state index in [2.05, 4.69) is 24.3 Å². The number of fused-ring (bicyclic) bond motifs is 1. The molecule has 2 atom stereocenters. The van der Waals surface area contributed by atoms with Crippen molar-refractivity contribution in [3.8, 4) is 0 Å². The number of rotatable bonds is 4. The molecule has 1 heterocycles. The zero-order chi connectivity index (χ0) is 28.6. The lowest BCUT2D eigenvalue weighted by molar-refractivity contribution is -0.122. The van der Waals surface area contributed by atoms with Crippen LogP contribution in [0.1, 0.15) is 45.5 Å². The minimum absolute atomic E-state index is 0.0102. The monoisotopic (exact) mass is 546 g/mol. The summed E-state index contributed by atoms with van der Waals surface area (Å²) >= 11 is 0. The third kappa shape index (κ3) is 3.19. The van der Waals surface area contributed by atoms with Crippen LogP contribution in [-0.4, -0.2) is 23.8 Å². The summed E-state index contributed by atoms with van der Waals surface area (Å²) in [6.45, 7) is 1.54. The first-order chi connectivity index (χ1) is 20.5. The molecule has 0 radical (unpaired) electrons. The fourth-order valence-corrected chi connectivity index (χ4v) is 7.65. The van der Waals surface area contributed by atoms with Crippen molar-refractivity contribution in [2.45, 2.75) is 18.3 Å². The van der Waals surface area contributed by atoms with Gasteiger partial charge in [0.1, 0.15) is 0 Å². The first-order valence-corrected chi connectivity index (χ1v) is 14.2. The molecular weight excluding hydrogens is 520 g/mol. The van der Waals surface area contributed by atoms with Crippen molar-refractivity contribution in [3.63, 3.8) is 0 Å². The van der Waals surface area contributed by atoms with Crippen LogP contribution in [0.25, 0.3) is 10.8 Å². The number of imide groups is 1. The highest BCUT2D eigenvalue weighted by Crippen LogP contribution is 2.64. The number of carbonyl (C=O) groups is 3. The molecule has 0 spiro atoms. The van der Waals surface area contributed by atoms with Crippen LogP contribution in [0.5, 0.6) is 0 Å². The molecule has 4 aliphatic rings. The van der Waals surface area contributed by atoms with Gasteiger partial charge in [0.15, 0.2) is 5.78 Å². The van der Waals surface area contributed by atoms with Gasteiger partial charge in [0.2, 0.25) is 11.8 Å². The minimum Gasteiger partial charge on any atom is -0.295 e. The maximum Gasteiger partial charge on any atom is 0.239 e. The Morgan fingerprint density at radius 1 is 0.738 bits per heavy atom. The summed E-state index contributed by atoms with van der Waals surface area (Å²) in [5, 5.41) is 1.85. The average Bonchev–Trinajstić information content (AvgIpc) is 3.30. The Labute approximate surface area is 243 Å². The quantitative estimate of drug-likeness (QED) is 0.139. The molecule has 5 aromatic carbocycles. The molecule has 42 heavy (non-hydrogen) atoms. The van der Waals surface area contributed by atoms with Gasteiger partial charge in [-0.3, -0.25) is 19.4 Å². The fourth-order valence-electron chi connectivity index (χ4n) is 7.65. The summed E-state index contributed by atoms with van der Waals surface area (Å²) in [5.74, 6) is -1.83. The third-order valence-electron chi connectivity index (χ3n) is 9.38. The highest BCUT2D eigenvalue weighted by atomic mass is 16.2. The Hall–Kier alpha value is -5.16. The van der Waals surface area contributed by atoms with E-state index in [1.807, 2.05) is 85.1 Å². The topological polar surface area (TPSA) is 66.8 Å². The van der Waals surface area contributed by atoms with Crippen LogP contribution >= 0.6 is 0 Å². The van der Waals surface area contributed by atoms with Gasteiger partial charge in [0.25, 0.3) is 0 Å². The molecule has 2 bridgehead atoms. The number of ketones is 1. The van der Waals surface area contributed by atoms with Gasteiger partial charge in [-0.05, 0) is 64.9 Å². The number of anilines is 1. The van der Waals surface area contributed by atoms with Crippen LogP contribution < -0.4 is 4.90 Å². The van der Waals surface area contributed by atoms with Gasteiger partial charge in [0.05, 0.1) is 28.6 Å². The van der Waals surface area contributed by atoms with E-state index in [9.17, 15) is 14.4 Å². The molecule has 1 saturated heterocycles. The number of carbonyl (C=O) groups excluding carboxylic acids is 3. The zero-order valence-electron chi connectivity index (χ0n) is 22.9. The Morgan fingerprint density at radius 2 is 1.36 bits per heavy atom. The van der Waals surface area contributed by atoms with E-state index in [0.717, 1.165) is 33.0 Å². The average molecular weight is 547 g/mol. The first-order valence-electron chi connectivity index (χ1n) is 14.2. The zero-order valence-corrected chi connectivity index (χ0v) is 22.9. The summed E-state index contributed by atoms with van der Waals surface area (Å²) < 4.78 is 0. The van der Waals surface area contributed by atoms with Crippen molar-refractivity contribution in [2.75, 3.05) is 4.90 Å². The second-order valence-corrected chi connectivity index (χ2v) is 11.4.